The zero-order valence-corrected chi connectivity index (χ0v) is 17.4. The van der Waals surface area contributed by atoms with Crippen LogP contribution in [0.15, 0.2) is 48.5 Å². The zero-order valence-electron chi connectivity index (χ0n) is 17.4. The van der Waals surface area contributed by atoms with Crippen molar-refractivity contribution in [3.05, 3.63) is 59.7 Å². The van der Waals surface area contributed by atoms with E-state index in [1.165, 1.54) is 61.0 Å². The Balaban J connectivity index is 1.35. The van der Waals surface area contributed by atoms with Crippen molar-refractivity contribution in [2.24, 2.45) is 0 Å². The molecule has 0 unspecified atom stereocenters. The molecule has 2 aromatic carbocycles. The number of ether oxygens (including phenoxy) is 1. The molecule has 1 aliphatic heterocycles. The lowest BCUT2D eigenvalue weighted by Gasteiger charge is -2.36. The average Bonchev–Trinajstić information content (AvgIpc) is 3.27. The SMILES string of the molecule is C[C@@H](c1ccc(-c2ccc(COC3CCCC3)cc2)cc1)N1CCN(C)CC1. The molecule has 3 heteroatoms. The zero-order chi connectivity index (χ0) is 19.3. The molecule has 1 heterocycles. The quantitative estimate of drug-likeness (QED) is 0.694. The first kappa shape index (κ1) is 19.6. The Morgan fingerprint density at radius 3 is 2.04 bits per heavy atom. The van der Waals surface area contributed by atoms with Crippen LogP contribution in [0.5, 0.6) is 0 Å². The standard InChI is InChI=1S/C25H34N2O/c1-20(27-17-15-26(2)16-18-27)22-11-13-24(14-12-22)23-9-7-21(8-10-23)19-28-25-5-3-4-6-25/h7-14,20,25H,3-6,15-19H2,1-2H3/t20-/m0/s1. The van der Waals surface area contributed by atoms with E-state index in [9.17, 15) is 0 Å². The maximum absolute atomic E-state index is 6.03. The smallest absolute Gasteiger partial charge is 0.0720 e. The molecule has 0 aromatic heterocycles. The Bertz CT molecular complexity index is 726. The van der Waals surface area contributed by atoms with Gasteiger partial charge in [0.05, 0.1) is 12.7 Å². The Morgan fingerprint density at radius 1 is 0.857 bits per heavy atom. The number of likely N-dealkylation sites (N-methyl/N-ethyl adjacent to an activating group) is 1. The van der Waals surface area contributed by atoms with Crippen molar-refractivity contribution in [3.8, 4) is 11.1 Å². The largest absolute Gasteiger partial charge is 0.374 e. The van der Waals surface area contributed by atoms with Gasteiger partial charge in [0, 0.05) is 32.2 Å². The van der Waals surface area contributed by atoms with Gasteiger partial charge in [0.25, 0.3) is 0 Å². The summed E-state index contributed by atoms with van der Waals surface area (Å²) in [7, 11) is 2.21. The van der Waals surface area contributed by atoms with E-state index in [4.69, 9.17) is 4.74 Å². The molecule has 0 radical (unpaired) electrons. The lowest BCUT2D eigenvalue weighted by atomic mass is 9.99. The topological polar surface area (TPSA) is 15.7 Å². The van der Waals surface area contributed by atoms with Crippen LogP contribution in [0.2, 0.25) is 0 Å². The third-order valence-electron chi connectivity index (χ3n) is 6.55. The monoisotopic (exact) mass is 378 g/mol. The molecule has 150 valence electrons. The van der Waals surface area contributed by atoms with Gasteiger partial charge in [-0.15, -0.1) is 0 Å². The van der Waals surface area contributed by atoms with Gasteiger partial charge in [-0.05, 0) is 49.1 Å². The highest BCUT2D eigenvalue weighted by atomic mass is 16.5. The highest BCUT2D eigenvalue weighted by molar-refractivity contribution is 5.64. The fraction of sp³-hybridized carbons (Fsp3) is 0.520. The van der Waals surface area contributed by atoms with Gasteiger partial charge in [-0.1, -0.05) is 61.4 Å². The van der Waals surface area contributed by atoms with E-state index < -0.39 is 0 Å². The van der Waals surface area contributed by atoms with Crippen molar-refractivity contribution in [1.82, 2.24) is 9.80 Å². The van der Waals surface area contributed by atoms with Gasteiger partial charge >= 0.3 is 0 Å². The number of hydrogen-bond acceptors (Lipinski definition) is 3. The van der Waals surface area contributed by atoms with Crippen LogP contribution in [-0.4, -0.2) is 49.1 Å². The van der Waals surface area contributed by atoms with Crippen molar-refractivity contribution in [1.29, 1.82) is 0 Å². The summed E-state index contributed by atoms with van der Waals surface area (Å²) in [6.45, 7) is 7.72. The first-order valence-electron chi connectivity index (χ1n) is 10.9. The minimum absolute atomic E-state index is 0.481. The second-order valence-corrected chi connectivity index (χ2v) is 8.55. The van der Waals surface area contributed by atoms with E-state index >= 15 is 0 Å². The van der Waals surface area contributed by atoms with Gasteiger partial charge in [0.15, 0.2) is 0 Å². The van der Waals surface area contributed by atoms with E-state index in [0.717, 1.165) is 19.7 Å². The summed E-state index contributed by atoms with van der Waals surface area (Å²) in [6.07, 6.45) is 5.60. The molecule has 1 saturated carbocycles. The molecule has 2 fully saturated rings. The molecule has 0 spiro atoms. The van der Waals surface area contributed by atoms with Gasteiger partial charge in [0.2, 0.25) is 0 Å². The highest BCUT2D eigenvalue weighted by Gasteiger charge is 2.20. The summed E-state index contributed by atoms with van der Waals surface area (Å²) in [6, 6.07) is 18.5. The van der Waals surface area contributed by atoms with Crippen LogP contribution in [0.1, 0.15) is 49.8 Å². The summed E-state index contributed by atoms with van der Waals surface area (Å²) in [4.78, 5) is 5.00. The molecule has 0 N–H and O–H groups in total. The normalized spacial score (nSPS) is 20.5. The second kappa shape index (κ2) is 9.21. The van der Waals surface area contributed by atoms with Crippen LogP contribution in [0.4, 0.5) is 0 Å². The van der Waals surface area contributed by atoms with Crippen LogP contribution in [-0.2, 0) is 11.3 Å². The minimum Gasteiger partial charge on any atom is -0.374 e. The maximum Gasteiger partial charge on any atom is 0.0720 e. The lowest BCUT2D eigenvalue weighted by molar-refractivity contribution is 0.0457. The van der Waals surface area contributed by atoms with E-state index in [1.54, 1.807) is 0 Å². The van der Waals surface area contributed by atoms with Crippen molar-refractivity contribution >= 4 is 0 Å². The summed E-state index contributed by atoms with van der Waals surface area (Å²) >= 11 is 0. The molecule has 28 heavy (non-hydrogen) atoms. The molecular weight excluding hydrogens is 344 g/mol. The van der Waals surface area contributed by atoms with Crippen molar-refractivity contribution in [2.45, 2.75) is 51.4 Å². The van der Waals surface area contributed by atoms with E-state index in [2.05, 4.69) is 72.3 Å². The third-order valence-corrected chi connectivity index (χ3v) is 6.55. The van der Waals surface area contributed by atoms with Gasteiger partial charge in [0.1, 0.15) is 0 Å². The van der Waals surface area contributed by atoms with Crippen molar-refractivity contribution in [2.75, 3.05) is 33.2 Å². The Labute approximate surface area is 170 Å². The molecule has 0 amide bonds. The summed E-state index contributed by atoms with van der Waals surface area (Å²) in [5.41, 5.74) is 5.26. The van der Waals surface area contributed by atoms with Crippen LogP contribution >= 0.6 is 0 Å². The molecule has 1 atom stereocenters. The fourth-order valence-electron chi connectivity index (χ4n) is 4.44. The average molecular weight is 379 g/mol. The molecule has 2 aliphatic rings. The second-order valence-electron chi connectivity index (χ2n) is 8.55. The van der Waals surface area contributed by atoms with Crippen LogP contribution in [0.3, 0.4) is 0 Å². The van der Waals surface area contributed by atoms with E-state index in [1.807, 2.05) is 0 Å². The van der Waals surface area contributed by atoms with Gasteiger partial charge in [-0.25, -0.2) is 0 Å². The number of hydrogen-bond donors (Lipinski definition) is 0. The van der Waals surface area contributed by atoms with E-state index in [-0.39, 0.29) is 0 Å². The number of benzene rings is 2. The lowest BCUT2D eigenvalue weighted by Crippen LogP contribution is -2.45. The van der Waals surface area contributed by atoms with Gasteiger partial charge in [-0.2, -0.15) is 0 Å². The summed E-state index contributed by atoms with van der Waals surface area (Å²) in [5, 5.41) is 0. The van der Waals surface area contributed by atoms with Crippen LogP contribution in [0, 0.1) is 0 Å². The molecule has 4 rings (SSSR count). The Hall–Kier alpha value is -1.68. The Morgan fingerprint density at radius 2 is 1.43 bits per heavy atom. The summed E-state index contributed by atoms with van der Waals surface area (Å²) in [5.74, 6) is 0. The number of nitrogens with zero attached hydrogens (tertiary/aromatic N) is 2. The maximum atomic E-state index is 6.03. The van der Waals surface area contributed by atoms with Gasteiger partial charge < -0.3 is 9.64 Å². The van der Waals surface area contributed by atoms with Crippen molar-refractivity contribution in [3.63, 3.8) is 0 Å². The van der Waals surface area contributed by atoms with Crippen LogP contribution < -0.4 is 0 Å². The predicted molar refractivity (Wildman–Crippen MR) is 116 cm³/mol. The Kier molecular flexibility index (Phi) is 6.46. The molecular formula is C25H34N2O. The number of piperazine rings is 1. The first-order chi connectivity index (χ1) is 13.7. The highest BCUT2D eigenvalue weighted by Crippen LogP contribution is 2.26. The number of rotatable bonds is 6. The molecule has 1 aliphatic carbocycles. The minimum atomic E-state index is 0.481. The molecule has 0 bridgehead atoms. The van der Waals surface area contributed by atoms with Gasteiger partial charge in [-0.3, -0.25) is 4.90 Å². The molecule has 2 aromatic rings. The van der Waals surface area contributed by atoms with E-state index in [0.29, 0.717) is 12.1 Å². The molecule has 1 saturated heterocycles. The first-order valence-corrected chi connectivity index (χ1v) is 10.9. The molecule has 3 nitrogen and oxygen atoms in total. The van der Waals surface area contributed by atoms with Crippen molar-refractivity contribution < 1.29 is 4.74 Å². The fourth-order valence-corrected chi connectivity index (χ4v) is 4.44. The third kappa shape index (κ3) is 4.83. The summed E-state index contributed by atoms with van der Waals surface area (Å²) < 4.78 is 6.03. The predicted octanol–water partition coefficient (Wildman–Crippen LogP) is 5.12. The van der Waals surface area contributed by atoms with Crippen LogP contribution in [0.25, 0.3) is 11.1 Å².